The van der Waals surface area contributed by atoms with E-state index in [-0.39, 0.29) is 0 Å². The molecule has 0 atom stereocenters. The number of nitrogens with one attached hydrogen (secondary N) is 1. The van der Waals surface area contributed by atoms with Crippen molar-refractivity contribution in [2.45, 2.75) is 19.8 Å². The van der Waals surface area contributed by atoms with Crippen molar-refractivity contribution in [2.24, 2.45) is 0 Å². The van der Waals surface area contributed by atoms with Gasteiger partial charge in [-0.05, 0) is 39.5 Å². The van der Waals surface area contributed by atoms with Crippen LogP contribution >= 0.6 is 15.9 Å². The molecule has 1 N–H and O–H groups in total. The minimum Gasteiger partial charge on any atom is -0.338 e. The summed E-state index contributed by atoms with van der Waals surface area (Å²) < 4.78 is 1.02. The summed E-state index contributed by atoms with van der Waals surface area (Å²) in [6.45, 7) is 4.40. The van der Waals surface area contributed by atoms with Gasteiger partial charge in [0.05, 0.1) is 5.52 Å². The first-order valence-corrected chi connectivity index (χ1v) is 7.19. The van der Waals surface area contributed by atoms with E-state index in [0.717, 1.165) is 26.9 Å². The molecule has 3 heteroatoms. The summed E-state index contributed by atoms with van der Waals surface area (Å²) in [4.78, 5) is 8.01. The van der Waals surface area contributed by atoms with Gasteiger partial charge in [-0.2, -0.15) is 0 Å². The molecule has 0 amide bonds. The number of para-hydroxylation sites is 1. The van der Waals surface area contributed by atoms with Crippen molar-refractivity contribution >= 4 is 27.0 Å². The van der Waals surface area contributed by atoms with Gasteiger partial charge in [0.25, 0.3) is 0 Å². The van der Waals surface area contributed by atoms with Crippen LogP contribution in [0.3, 0.4) is 0 Å². The monoisotopic (exact) mass is 314 g/mol. The van der Waals surface area contributed by atoms with Crippen LogP contribution in [-0.4, -0.2) is 9.97 Å². The SMILES string of the molecule is CC(C)c1ccc(-c2nc3c(Br)cccc3[nH]2)cc1. The average Bonchev–Trinajstić information content (AvgIpc) is 2.84. The van der Waals surface area contributed by atoms with Crippen molar-refractivity contribution in [1.29, 1.82) is 0 Å². The third-order valence-corrected chi connectivity index (χ3v) is 3.95. The fourth-order valence-electron chi connectivity index (χ4n) is 2.16. The third-order valence-electron chi connectivity index (χ3n) is 3.31. The van der Waals surface area contributed by atoms with E-state index >= 15 is 0 Å². The molecule has 1 heterocycles. The number of fused-ring (bicyclic) bond motifs is 1. The van der Waals surface area contributed by atoms with Crippen molar-refractivity contribution in [3.8, 4) is 11.4 Å². The van der Waals surface area contributed by atoms with E-state index in [4.69, 9.17) is 0 Å². The number of imidazole rings is 1. The number of hydrogen-bond acceptors (Lipinski definition) is 1. The number of halogens is 1. The quantitative estimate of drug-likeness (QED) is 0.699. The molecule has 0 saturated carbocycles. The van der Waals surface area contributed by atoms with Gasteiger partial charge in [0.1, 0.15) is 11.3 Å². The second-order valence-corrected chi connectivity index (χ2v) is 5.85. The maximum atomic E-state index is 4.65. The van der Waals surface area contributed by atoms with Crippen LogP contribution in [0, 0.1) is 0 Å². The predicted molar refractivity (Wildman–Crippen MR) is 83.3 cm³/mol. The zero-order valence-corrected chi connectivity index (χ0v) is 12.5. The van der Waals surface area contributed by atoms with Gasteiger partial charge in [-0.3, -0.25) is 0 Å². The van der Waals surface area contributed by atoms with Crippen LogP contribution in [0.5, 0.6) is 0 Å². The van der Waals surface area contributed by atoms with Gasteiger partial charge < -0.3 is 4.98 Å². The van der Waals surface area contributed by atoms with E-state index in [1.165, 1.54) is 5.56 Å². The molecule has 0 fully saturated rings. The lowest BCUT2D eigenvalue weighted by atomic mass is 10.0. The Morgan fingerprint density at radius 1 is 1.05 bits per heavy atom. The second kappa shape index (κ2) is 4.82. The molecule has 0 unspecified atom stereocenters. The van der Waals surface area contributed by atoms with E-state index in [0.29, 0.717) is 5.92 Å². The highest BCUT2D eigenvalue weighted by molar-refractivity contribution is 9.10. The number of hydrogen-bond donors (Lipinski definition) is 1. The minimum absolute atomic E-state index is 0.555. The van der Waals surface area contributed by atoms with Crippen LogP contribution in [0.4, 0.5) is 0 Å². The number of H-pyrrole nitrogens is 1. The molecular weight excluding hydrogens is 300 g/mol. The fraction of sp³-hybridized carbons (Fsp3) is 0.188. The molecule has 96 valence electrons. The number of nitrogens with zero attached hydrogens (tertiary/aromatic N) is 1. The molecule has 0 saturated heterocycles. The van der Waals surface area contributed by atoms with E-state index in [1.807, 2.05) is 18.2 Å². The molecule has 0 radical (unpaired) electrons. The van der Waals surface area contributed by atoms with Crippen LogP contribution < -0.4 is 0 Å². The van der Waals surface area contributed by atoms with E-state index in [9.17, 15) is 0 Å². The summed E-state index contributed by atoms with van der Waals surface area (Å²) in [5, 5.41) is 0. The Kier molecular flexibility index (Phi) is 3.15. The zero-order valence-electron chi connectivity index (χ0n) is 10.9. The van der Waals surface area contributed by atoms with E-state index < -0.39 is 0 Å². The van der Waals surface area contributed by atoms with Crippen molar-refractivity contribution < 1.29 is 0 Å². The first-order valence-electron chi connectivity index (χ1n) is 6.39. The normalized spacial score (nSPS) is 11.4. The smallest absolute Gasteiger partial charge is 0.138 e. The van der Waals surface area contributed by atoms with Gasteiger partial charge in [0.2, 0.25) is 0 Å². The van der Waals surface area contributed by atoms with Crippen LogP contribution in [0.15, 0.2) is 46.9 Å². The van der Waals surface area contributed by atoms with Crippen LogP contribution in [0.2, 0.25) is 0 Å². The summed E-state index contributed by atoms with van der Waals surface area (Å²) in [5.41, 5.74) is 4.50. The van der Waals surface area contributed by atoms with Crippen molar-refractivity contribution in [3.05, 3.63) is 52.5 Å². The fourth-order valence-corrected chi connectivity index (χ4v) is 2.61. The first kappa shape index (κ1) is 12.4. The molecule has 0 spiro atoms. The molecular formula is C16H15BrN2. The summed E-state index contributed by atoms with van der Waals surface area (Å²) in [7, 11) is 0. The Balaban J connectivity index is 2.06. The Morgan fingerprint density at radius 3 is 2.42 bits per heavy atom. The number of aromatic amines is 1. The lowest BCUT2D eigenvalue weighted by molar-refractivity contribution is 0.867. The largest absolute Gasteiger partial charge is 0.338 e. The van der Waals surface area contributed by atoms with Crippen LogP contribution in [-0.2, 0) is 0 Å². The van der Waals surface area contributed by atoms with E-state index in [1.54, 1.807) is 0 Å². The Morgan fingerprint density at radius 2 is 1.79 bits per heavy atom. The summed E-state index contributed by atoms with van der Waals surface area (Å²) >= 11 is 3.53. The lowest BCUT2D eigenvalue weighted by Crippen LogP contribution is -1.87. The average molecular weight is 315 g/mol. The highest BCUT2D eigenvalue weighted by Crippen LogP contribution is 2.26. The molecule has 3 rings (SSSR count). The number of benzene rings is 2. The predicted octanol–water partition coefficient (Wildman–Crippen LogP) is 5.12. The number of aromatic nitrogens is 2. The van der Waals surface area contributed by atoms with Gasteiger partial charge in [0.15, 0.2) is 0 Å². The molecule has 3 aromatic rings. The highest BCUT2D eigenvalue weighted by Gasteiger charge is 2.08. The van der Waals surface area contributed by atoms with Crippen LogP contribution in [0.25, 0.3) is 22.4 Å². The molecule has 2 nitrogen and oxygen atoms in total. The molecule has 0 aliphatic heterocycles. The standard InChI is InChI=1S/C16H15BrN2/c1-10(2)11-6-8-12(9-7-11)16-18-14-5-3-4-13(17)15(14)19-16/h3-10H,1-2H3,(H,18,19). The van der Waals surface area contributed by atoms with Crippen molar-refractivity contribution in [1.82, 2.24) is 9.97 Å². The Hall–Kier alpha value is -1.61. The van der Waals surface area contributed by atoms with Crippen molar-refractivity contribution in [3.63, 3.8) is 0 Å². The highest BCUT2D eigenvalue weighted by atomic mass is 79.9. The topological polar surface area (TPSA) is 28.7 Å². The van der Waals surface area contributed by atoms with E-state index in [2.05, 4.69) is 64.0 Å². The summed E-state index contributed by atoms with van der Waals surface area (Å²) in [6.07, 6.45) is 0. The minimum atomic E-state index is 0.555. The molecule has 19 heavy (non-hydrogen) atoms. The molecule has 0 aliphatic carbocycles. The van der Waals surface area contributed by atoms with Crippen molar-refractivity contribution in [2.75, 3.05) is 0 Å². The first-order chi connectivity index (χ1) is 9.15. The van der Waals surface area contributed by atoms with Gasteiger partial charge in [-0.15, -0.1) is 0 Å². The zero-order chi connectivity index (χ0) is 13.4. The lowest BCUT2D eigenvalue weighted by Gasteiger charge is -2.05. The molecule has 1 aromatic heterocycles. The molecule has 2 aromatic carbocycles. The Bertz CT molecular complexity index is 711. The molecule has 0 bridgehead atoms. The third kappa shape index (κ3) is 2.30. The second-order valence-electron chi connectivity index (χ2n) is 5.00. The van der Waals surface area contributed by atoms with Gasteiger partial charge in [0, 0.05) is 10.0 Å². The maximum Gasteiger partial charge on any atom is 0.138 e. The van der Waals surface area contributed by atoms with Gasteiger partial charge in [-0.1, -0.05) is 44.2 Å². The van der Waals surface area contributed by atoms with Gasteiger partial charge in [-0.25, -0.2) is 4.98 Å². The summed E-state index contributed by atoms with van der Waals surface area (Å²) in [6, 6.07) is 14.6. The van der Waals surface area contributed by atoms with Crippen LogP contribution in [0.1, 0.15) is 25.3 Å². The van der Waals surface area contributed by atoms with Gasteiger partial charge >= 0.3 is 0 Å². The maximum absolute atomic E-state index is 4.65. The Labute approximate surface area is 121 Å². The number of rotatable bonds is 2. The summed E-state index contributed by atoms with van der Waals surface area (Å²) in [5.74, 6) is 1.47. The molecule has 0 aliphatic rings.